The van der Waals surface area contributed by atoms with Crippen LogP contribution in [0.2, 0.25) is 0 Å². The summed E-state index contributed by atoms with van der Waals surface area (Å²) in [4.78, 5) is 7.34. The van der Waals surface area contributed by atoms with Crippen molar-refractivity contribution in [3.63, 3.8) is 0 Å². The van der Waals surface area contributed by atoms with Gasteiger partial charge in [-0.2, -0.15) is 0 Å². The lowest BCUT2D eigenvalue weighted by Gasteiger charge is -2.29. The molecule has 0 N–H and O–H groups in total. The Morgan fingerprint density at radius 3 is 2.68 bits per heavy atom. The largest absolute Gasteiger partial charge is 0.497 e. The third kappa shape index (κ3) is 2.85. The number of anilines is 1. The highest BCUT2D eigenvalue weighted by molar-refractivity contribution is 5.75. The molecular weight excluding hydrogens is 314 g/mol. The highest BCUT2D eigenvalue weighted by Crippen LogP contribution is 2.30. The van der Waals surface area contributed by atoms with E-state index in [9.17, 15) is 0 Å². The smallest absolute Gasteiger partial charge is 0.153 e. The number of ether oxygens (including phenoxy) is 2. The van der Waals surface area contributed by atoms with E-state index >= 15 is 0 Å². The summed E-state index contributed by atoms with van der Waals surface area (Å²) < 4.78 is 13.1. The maximum atomic E-state index is 5.51. The highest BCUT2D eigenvalue weighted by atomic mass is 16.5. The second-order valence-corrected chi connectivity index (χ2v) is 6.45. The summed E-state index contributed by atoms with van der Waals surface area (Å²) >= 11 is 0. The second kappa shape index (κ2) is 6.41. The quantitative estimate of drug-likeness (QED) is 0.734. The molecule has 1 saturated heterocycles. The molecule has 1 aliphatic heterocycles. The van der Waals surface area contributed by atoms with Crippen LogP contribution < -0.4 is 9.64 Å². The van der Waals surface area contributed by atoms with E-state index in [0.717, 1.165) is 54.6 Å². The topological polar surface area (TPSA) is 39.0 Å². The van der Waals surface area contributed by atoms with Gasteiger partial charge in [0.15, 0.2) is 5.82 Å². The summed E-state index contributed by atoms with van der Waals surface area (Å²) in [6.45, 7) is 7.53. The van der Waals surface area contributed by atoms with Crippen LogP contribution in [0.25, 0.3) is 16.8 Å². The first kappa shape index (κ1) is 16.0. The van der Waals surface area contributed by atoms with Gasteiger partial charge in [-0.25, -0.2) is 4.98 Å². The number of hydrogen-bond acceptors (Lipinski definition) is 4. The summed E-state index contributed by atoms with van der Waals surface area (Å²) in [6, 6.07) is 10.3. The summed E-state index contributed by atoms with van der Waals surface area (Å²) in [6.07, 6.45) is 2.12. The second-order valence-electron chi connectivity index (χ2n) is 6.45. The van der Waals surface area contributed by atoms with Crippen molar-refractivity contribution in [1.82, 2.24) is 9.38 Å². The fraction of sp³-hybridized carbons (Fsp3) is 0.350. The maximum Gasteiger partial charge on any atom is 0.153 e. The van der Waals surface area contributed by atoms with Gasteiger partial charge in [0.05, 0.1) is 31.5 Å². The zero-order valence-electron chi connectivity index (χ0n) is 15.0. The average molecular weight is 337 g/mol. The van der Waals surface area contributed by atoms with Crippen LogP contribution in [-0.2, 0) is 4.74 Å². The molecule has 2 aromatic heterocycles. The van der Waals surface area contributed by atoms with Crippen molar-refractivity contribution in [3.8, 4) is 17.0 Å². The van der Waals surface area contributed by atoms with Crippen LogP contribution in [0.4, 0.5) is 5.82 Å². The van der Waals surface area contributed by atoms with Crippen LogP contribution in [0.15, 0.2) is 36.5 Å². The van der Waals surface area contributed by atoms with E-state index in [2.05, 4.69) is 41.5 Å². The molecule has 5 nitrogen and oxygen atoms in total. The molecule has 3 heterocycles. The lowest BCUT2D eigenvalue weighted by atomic mass is 10.1. The number of methoxy groups -OCH3 is 1. The molecule has 0 spiro atoms. The lowest BCUT2D eigenvalue weighted by Crippen LogP contribution is -2.37. The first-order chi connectivity index (χ1) is 12.2. The molecule has 0 amide bonds. The van der Waals surface area contributed by atoms with Crippen molar-refractivity contribution in [2.24, 2.45) is 0 Å². The van der Waals surface area contributed by atoms with Crippen LogP contribution >= 0.6 is 0 Å². The predicted molar refractivity (Wildman–Crippen MR) is 99.7 cm³/mol. The third-order valence-corrected chi connectivity index (χ3v) is 4.93. The zero-order valence-corrected chi connectivity index (χ0v) is 15.0. The molecule has 1 fully saturated rings. The molecule has 0 unspecified atom stereocenters. The van der Waals surface area contributed by atoms with Gasteiger partial charge in [-0.15, -0.1) is 0 Å². The zero-order chi connectivity index (χ0) is 17.4. The first-order valence-corrected chi connectivity index (χ1v) is 8.64. The van der Waals surface area contributed by atoms with Crippen molar-refractivity contribution in [2.45, 2.75) is 13.8 Å². The molecule has 0 aliphatic carbocycles. The van der Waals surface area contributed by atoms with Crippen LogP contribution in [0, 0.1) is 13.8 Å². The number of rotatable bonds is 3. The molecule has 1 aliphatic rings. The van der Waals surface area contributed by atoms with Crippen LogP contribution in [0.1, 0.15) is 11.3 Å². The number of morpholine rings is 1. The number of hydrogen-bond donors (Lipinski definition) is 0. The van der Waals surface area contributed by atoms with E-state index in [1.807, 2.05) is 18.2 Å². The average Bonchev–Trinajstić information content (AvgIpc) is 2.96. The van der Waals surface area contributed by atoms with Gasteiger partial charge >= 0.3 is 0 Å². The Morgan fingerprint density at radius 2 is 1.92 bits per heavy atom. The normalized spacial score (nSPS) is 14.9. The minimum Gasteiger partial charge on any atom is -0.497 e. The van der Waals surface area contributed by atoms with E-state index in [-0.39, 0.29) is 0 Å². The Kier molecular flexibility index (Phi) is 4.09. The fourth-order valence-electron chi connectivity index (χ4n) is 3.34. The van der Waals surface area contributed by atoms with Crippen molar-refractivity contribution >= 4 is 11.3 Å². The van der Waals surface area contributed by atoms with E-state index < -0.39 is 0 Å². The Morgan fingerprint density at radius 1 is 1.12 bits per heavy atom. The predicted octanol–water partition coefficient (Wildman–Crippen LogP) is 3.46. The van der Waals surface area contributed by atoms with Crippen molar-refractivity contribution in [1.29, 1.82) is 0 Å². The molecule has 0 bridgehead atoms. The fourth-order valence-corrected chi connectivity index (χ4v) is 3.34. The molecule has 3 aromatic rings. The Hall–Kier alpha value is -2.53. The summed E-state index contributed by atoms with van der Waals surface area (Å²) in [5.74, 6) is 1.87. The minimum absolute atomic E-state index is 0.746. The standard InChI is InChI=1S/C20H23N3O2/c1-14-11-19-20(22-7-9-25-10-8-22)21-18(13-23(19)15(14)2)16-5-4-6-17(12-16)24-3/h4-6,11-13H,7-10H2,1-3H3. The van der Waals surface area contributed by atoms with Gasteiger partial charge in [-0.05, 0) is 37.6 Å². The van der Waals surface area contributed by atoms with Crippen molar-refractivity contribution in [2.75, 3.05) is 38.3 Å². The molecule has 4 rings (SSSR count). The van der Waals surface area contributed by atoms with E-state index in [4.69, 9.17) is 14.5 Å². The lowest BCUT2D eigenvalue weighted by molar-refractivity contribution is 0.122. The van der Waals surface area contributed by atoms with Gasteiger partial charge in [0.1, 0.15) is 5.75 Å². The monoisotopic (exact) mass is 337 g/mol. The molecule has 130 valence electrons. The van der Waals surface area contributed by atoms with Gasteiger partial charge in [0.2, 0.25) is 0 Å². The SMILES string of the molecule is COc1cccc(-c2cn3c(C)c(C)cc3c(N3CCOCC3)n2)c1. The highest BCUT2D eigenvalue weighted by Gasteiger charge is 2.19. The number of nitrogens with zero attached hydrogens (tertiary/aromatic N) is 3. The number of aromatic nitrogens is 2. The summed E-state index contributed by atoms with van der Waals surface area (Å²) in [5.41, 5.74) is 5.69. The van der Waals surface area contributed by atoms with Crippen molar-refractivity contribution < 1.29 is 9.47 Å². The molecule has 5 heteroatoms. The van der Waals surface area contributed by atoms with E-state index in [0.29, 0.717) is 0 Å². The summed E-state index contributed by atoms with van der Waals surface area (Å²) in [7, 11) is 1.69. The van der Waals surface area contributed by atoms with Gasteiger partial charge in [0, 0.05) is 30.5 Å². The van der Waals surface area contributed by atoms with Crippen LogP contribution in [0.3, 0.4) is 0 Å². The molecule has 0 atom stereocenters. The summed E-state index contributed by atoms with van der Waals surface area (Å²) in [5, 5.41) is 0. The van der Waals surface area contributed by atoms with Gasteiger partial charge in [0.25, 0.3) is 0 Å². The minimum atomic E-state index is 0.746. The Labute approximate surface area is 147 Å². The maximum absolute atomic E-state index is 5.51. The molecular formula is C20H23N3O2. The van der Waals surface area contributed by atoms with Gasteiger partial charge < -0.3 is 18.8 Å². The molecule has 0 saturated carbocycles. The van der Waals surface area contributed by atoms with Crippen LogP contribution in [0.5, 0.6) is 5.75 Å². The van der Waals surface area contributed by atoms with E-state index in [1.165, 1.54) is 11.3 Å². The third-order valence-electron chi connectivity index (χ3n) is 4.93. The van der Waals surface area contributed by atoms with Gasteiger partial charge in [-0.3, -0.25) is 0 Å². The van der Waals surface area contributed by atoms with Gasteiger partial charge in [-0.1, -0.05) is 12.1 Å². The Balaban J connectivity index is 1.91. The molecule has 1 aromatic carbocycles. The number of aryl methyl sites for hydroxylation is 2. The number of benzene rings is 1. The molecule has 0 radical (unpaired) electrons. The van der Waals surface area contributed by atoms with E-state index in [1.54, 1.807) is 7.11 Å². The van der Waals surface area contributed by atoms with Crippen LogP contribution in [-0.4, -0.2) is 42.8 Å². The first-order valence-electron chi connectivity index (χ1n) is 8.64. The Bertz CT molecular complexity index is 911. The number of fused-ring (bicyclic) bond motifs is 1. The van der Waals surface area contributed by atoms with Crippen molar-refractivity contribution in [3.05, 3.63) is 47.8 Å². The molecule has 25 heavy (non-hydrogen) atoms.